The molecule has 2 aromatic carbocycles. The third kappa shape index (κ3) is 4.60. The molecule has 0 radical (unpaired) electrons. The molecule has 0 unspecified atom stereocenters. The summed E-state index contributed by atoms with van der Waals surface area (Å²) < 4.78 is 25.8. The second-order valence-corrected chi connectivity index (χ2v) is 8.74. The van der Waals surface area contributed by atoms with Gasteiger partial charge in [-0.05, 0) is 24.3 Å². The molecule has 8 nitrogen and oxygen atoms in total. The third-order valence-electron chi connectivity index (χ3n) is 3.41. The maximum Gasteiger partial charge on any atom is 0.247 e. The van der Waals surface area contributed by atoms with E-state index in [0.717, 1.165) is 4.31 Å². The Balaban J connectivity index is 2.54. The van der Waals surface area contributed by atoms with Crippen molar-refractivity contribution in [2.24, 2.45) is 4.99 Å². The standard InChI is InChI=1S/C16H14Cl3N5O3S/c1-24(2)28(26,27)15-10(18)6-7-12(14(15)25)23-16(21-8-20)22-11-5-3-4-9(17)13(11)19/h3-7,25H,1-2H3,(H2,21,22,23). The molecule has 3 N–H and O–H groups in total. The average molecular weight is 463 g/mol. The Morgan fingerprint density at radius 3 is 2.46 bits per heavy atom. The number of nitrogens with zero attached hydrogens (tertiary/aromatic N) is 3. The first-order valence-electron chi connectivity index (χ1n) is 7.48. The number of phenols is 1. The van der Waals surface area contributed by atoms with Gasteiger partial charge >= 0.3 is 0 Å². The second kappa shape index (κ2) is 8.86. The number of halogens is 3. The Labute approximate surface area is 177 Å². The van der Waals surface area contributed by atoms with Gasteiger partial charge in [-0.15, -0.1) is 0 Å². The molecule has 0 amide bonds. The number of guanidine groups is 1. The predicted octanol–water partition coefficient (Wildman–Crippen LogP) is 3.77. The van der Waals surface area contributed by atoms with E-state index >= 15 is 0 Å². The fourth-order valence-electron chi connectivity index (χ4n) is 2.04. The number of nitriles is 1. The molecular weight excluding hydrogens is 449 g/mol. The van der Waals surface area contributed by atoms with E-state index in [2.05, 4.69) is 15.6 Å². The number of aromatic hydroxyl groups is 1. The van der Waals surface area contributed by atoms with E-state index < -0.39 is 20.7 Å². The normalized spacial score (nSPS) is 12.0. The maximum atomic E-state index is 12.4. The minimum atomic E-state index is -4.03. The molecule has 148 valence electrons. The molecule has 0 atom stereocenters. The predicted molar refractivity (Wildman–Crippen MR) is 110 cm³/mol. The van der Waals surface area contributed by atoms with E-state index in [1.165, 1.54) is 26.2 Å². The molecule has 0 fully saturated rings. The van der Waals surface area contributed by atoms with Crippen LogP contribution in [0.15, 0.2) is 40.2 Å². The SMILES string of the molecule is CN(C)S(=O)(=O)c1c(Cl)ccc(NC(=Nc2cccc(Cl)c2Cl)NC#N)c1O. The number of phenolic OH excluding ortho intramolecular Hbond substituents is 1. The molecule has 0 aliphatic heterocycles. The molecule has 0 saturated carbocycles. The van der Waals surface area contributed by atoms with Gasteiger partial charge in [0.15, 0.2) is 11.9 Å². The highest BCUT2D eigenvalue weighted by Gasteiger charge is 2.27. The summed E-state index contributed by atoms with van der Waals surface area (Å²) in [6.07, 6.45) is 1.68. The summed E-state index contributed by atoms with van der Waals surface area (Å²) in [4.78, 5) is 3.66. The van der Waals surface area contributed by atoms with Crippen molar-refractivity contribution in [1.82, 2.24) is 9.62 Å². The Kier molecular flexibility index (Phi) is 6.98. The summed E-state index contributed by atoms with van der Waals surface area (Å²) in [6, 6.07) is 7.35. The lowest BCUT2D eigenvalue weighted by atomic mass is 10.3. The van der Waals surface area contributed by atoms with Crippen LogP contribution < -0.4 is 10.6 Å². The molecular formula is C16H14Cl3N5O3S. The van der Waals surface area contributed by atoms with Crippen molar-refractivity contribution >= 4 is 62.2 Å². The van der Waals surface area contributed by atoms with Crippen molar-refractivity contribution in [2.75, 3.05) is 19.4 Å². The molecule has 0 aliphatic carbocycles. The van der Waals surface area contributed by atoms with Gasteiger partial charge in [0.05, 0.1) is 26.4 Å². The summed E-state index contributed by atoms with van der Waals surface area (Å²) in [7, 11) is -1.43. The Morgan fingerprint density at radius 2 is 1.86 bits per heavy atom. The smallest absolute Gasteiger partial charge is 0.247 e. The maximum absolute atomic E-state index is 12.4. The molecule has 2 aromatic rings. The molecule has 0 aliphatic rings. The average Bonchev–Trinajstić information content (AvgIpc) is 2.61. The van der Waals surface area contributed by atoms with Gasteiger partial charge in [0, 0.05) is 14.1 Å². The summed E-state index contributed by atoms with van der Waals surface area (Å²) in [5, 5.41) is 24.6. The minimum absolute atomic E-state index is 0.0514. The van der Waals surface area contributed by atoms with Crippen LogP contribution >= 0.6 is 34.8 Å². The van der Waals surface area contributed by atoms with E-state index in [-0.39, 0.29) is 32.4 Å². The number of aliphatic imine (C=N–C) groups is 1. The number of anilines is 1. The van der Waals surface area contributed by atoms with Crippen molar-refractivity contribution in [3.63, 3.8) is 0 Å². The van der Waals surface area contributed by atoms with Crippen LogP contribution in [-0.2, 0) is 10.0 Å². The molecule has 0 heterocycles. The van der Waals surface area contributed by atoms with Gasteiger partial charge in [-0.2, -0.15) is 5.26 Å². The van der Waals surface area contributed by atoms with Gasteiger partial charge in [-0.3, -0.25) is 5.32 Å². The second-order valence-electron chi connectivity index (χ2n) is 5.46. The Morgan fingerprint density at radius 1 is 1.18 bits per heavy atom. The highest BCUT2D eigenvalue weighted by molar-refractivity contribution is 7.89. The van der Waals surface area contributed by atoms with Gasteiger partial charge in [0.1, 0.15) is 4.90 Å². The minimum Gasteiger partial charge on any atom is -0.504 e. The van der Waals surface area contributed by atoms with Crippen LogP contribution in [-0.4, -0.2) is 37.9 Å². The van der Waals surface area contributed by atoms with Gasteiger partial charge in [0.2, 0.25) is 16.0 Å². The van der Waals surface area contributed by atoms with Crippen LogP contribution in [0.2, 0.25) is 15.1 Å². The largest absolute Gasteiger partial charge is 0.504 e. The van der Waals surface area contributed by atoms with Gasteiger partial charge in [-0.1, -0.05) is 40.9 Å². The van der Waals surface area contributed by atoms with Crippen LogP contribution in [0.5, 0.6) is 5.75 Å². The first-order valence-corrected chi connectivity index (χ1v) is 10.1. The third-order valence-corrected chi connectivity index (χ3v) is 6.54. The summed E-state index contributed by atoms with van der Waals surface area (Å²) in [6.45, 7) is 0. The molecule has 0 bridgehead atoms. The van der Waals surface area contributed by atoms with E-state index in [9.17, 15) is 13.5 Å². The summed E-state index contributed by atoms with van der Waals surface area (Å²) in [5.74, 6) is -0.761. The van der Waals surface area contributed by atoms with E-state index in [0.29, 0.717) is 0 Å². The van der Waals surface area contributed by atoms with Gasteiger partial charge in [-0.25, -0.2) is 17.7 Å². The van der Waals surface area contributed by atoms with Crippen LogP contribution in [0.4, 0.5) is 11.4 Å². The van der Waals surface area contributed by atoms with Crippen LogP contribution in [0.1, 0.15) is 0 Å². The quantitative estimate of drug-likeness (QED) is 0.209. The highest BCUT2D eigenvalue weighted by Crippen LogP contribution is 2.38. The topological polar surface area (TPSA) is 118 Å². The first kappa shape index (κ1) is 22.1. The zero-order valence-corrected chi connectivity index (χ0v) is 17.6. The molecule has 0 saturated heterocycles. The monoisotopic (exact) mass is 461 g/mol. The van der Waals surface area contributed by atoms with Gasteiger partial charge < -0.3 is 10.4 Å². The molecule has 0 aromatic heterocycles. The van der Waals surface area contributed by atoms with E-state index in [4.69, 9.17) is 40.1 Å². The zero-order chi connectivity index (χ0) is 21.1. The Hall–Kier alpha value is -2.22. The lowest BCUT2D eigenvalue weighted by Crippen LogP contribution is -2.27. The van der Waals surface area contributed by atoms with Crippen molar-refractivity contribution in [2.45, 2.75) is 4.90 Å². The van der Waals surface area contributed by atoms with E-state index in [1.54, 1.807) is 24.4 Å². The van der Waals surface area contributed by atoms with Crippen LogP contribution in [0, 0.1) is 11.5 Å². The molecule has 2 rings (SSSR count). The van der Waals surface area contributed by atoms with Crippen molar-refractivity contribution in [3.05, 3.63) is 45.4 Å². The van der Waals surface area contributed by atoms with Crippen molar-refractivity contribution < 1.29 is 13.5 Å². The fraction of sp³-hybridized carbons (Fsp3) is 0.125. The highest BCUT2D eigenvalue weighted by atomic mass is 35.5. The lowest BCUT2D eigenvalue weighted by Gasteiger charge is -2.17. The first-order chi connectivity index (χ1) is 13.1. The Bertz CT molecular complexity index is 1080. The number of rotatable bonds is 4. The summed E-state index contributed by atoms with van der Waals surface area (Å²) >= 11 is 18.0. The number of benzene rings is 2. The number of sulfonamides is 1. The lowest BCUT2D eigenvalue weighted by molar-refractivity contribution is 0.455. The van der Waals surface area contributed by atoms with Gasteiger partial charge in [0.25, 0.3) is 0 Å². The van der Waals surface area contributed by atoms with E-state index in [1.807, 2.05) is 0 Å². The summed E-state index contributed by atoms with van der Waals surface area (Å²) in [5.41, 5.74) is 0.193. The zero-order valence-electron chi connectivity index (χ0n) is 14.5. The molecule has 0 spiro atoms. The molecule has 12 heteroatoms. The number of hydrogen-bond acceptors (Lipinski definition) is 5. The number of hydrogen-bond donors (Lipinski definition) is 3. The van der Waals surface area contributed by atoms with Crippen LogP contribution in [0.25, 0.3) is 0 Å². The molecule has 28 heavy (non-hydrogen) atoms. The number of nitrogens with one attached hydrogen (secondary N) is 2. The van der Waals surface area contributed by atoms with Crippen molar-refractivity contribution in [3.8, 4) is 11.9 Å². The van der Waals surface area contributed by atoms with Crippen LogP contribution in [0.3, 0.4) is 0 Å². The van der Waals surface area contributed by atoms with Crippen molar-refractivity contribution in [1.29, 1.82) is 5.26 Å². The fourth-order valence-corrected chi connectivity index (χ4v) is 3.86.